The zero-order chi connectivity index (χ0) is 27.4. The lowest BCUT2D eigenvalue weighted by molar-refractivity contribution is 0.155. The number of benzene rings is 3. The highest BCUT2D eigenvalue weighted by atomic mass is 19.2. The molecule has 0 spiro atoms. The summed E-state index contributed by atoms with van der Waals surface area (Å²) in [4.78, 5) is 0. The Morgan fingerprint density at radius 1 is 0.641 bits per heavy atom. The highest BCUT2D eigenvalue weighted by Gasteiger charge is 2.31. The first-order chi connectivity index (χ1) is 18.9. The van der Waals surface area contributed by atoms with Gasteiger partial charge in [0.25, 0.3) is 0 Å². The van der Waals surface area contributed by atoms with Gasteiger partial charge in [0.05, 0.1) is 0 Å². The van der Waals surface area contributed by atoms with E-state index in [2.05, 4.69) is 13.0 Å². The van der Waals surface area contributed by atoms with E-state index >= 15 is 4.39 Å². The average Bonchev–Trinajstić information content (AvgIpc) is 2.97. The molecule has 0 saturated heterocycles. The van der Waals surface area contributed by atoms with Gasteiger partial charge in [-0.1, -0.05) is 94.0 Å². The molecule has 39 heavy (non-hydrogen) atoms. The van der Waals surface area contributed by atoms with Crippen molar-refractivity contribution in [3.05, 3.63) is 83.2 Å². The number of rotatable bonds is 8. The van der Waals surface area contributed by atoms with E-state index in [9.17, 15) is 8.78 Å². The number of hydrogen-bond acceptors (Lipinski definition) is 0. The summed E-state index contributed by atoms with van der Waals surface area (Å²) in [6.45, 7) is 3.83. The molecule has 0 unspecified atom stereocenters. The quantitative estimate of drug-likeness (QED) is 0.253. The van der Waals surface area contributed by atoms with Gasteiger partial charge in [0.2, 0.25) is 0 Å². The molecule has 2 saturated carbocycles. The summed E-state index contributed by atoms with van der Waals surface area (Å²) < 4.78 is 43.7. The third-order valence-corrected chi connectivity index (χ3v) is 9.79. The number of unbranched alkanes of at least 4 members (excludes halogenated alkanes) is 2. The molecule has 0 aliphatic heterocycles. The van der Waals surface area contributed by atoms with E-state index in [-0.39, 0.29) is 16.9 Å². The summed E-state index contributed by atoms with van der Waals surface area (Å²) in [7, 11) is 0. The Balaban J connectivity index is 1.17. The van der Waals surface area contributed by atoms with Crippen LogP contribution in [0.4, 0.5) is 13.2 Å². The van der Waals surface area contributed by atoms with Gasteiger partial charge in [0.1, 0.15) is 5.82 Å². The van der Waals surface area contributed by atoms with Crippen LogP contribution in [0.5, 0.6) is 0 Å². The van der Waals surface area contributed by atoms with E-state index < -0.39 is 11.6 Å². The van der Waals surface area contributed by atoms with E-state index in [4.69, 9.17) is 0 Å². The maximum absolute atomic E-state index is 15.3. The fourth-order valence-corrected chi connectivity index (χ4v) is 7.27. The van der Waals surface area contributed by atoms with Crippen LogP contribution >= 0.6 is 0 Å². The summed E-state index contributed by atoms with van der Waals surface area (Å²) in [6, 6.07) is 15.9. The minimum absolute atomic E-state index is 0.212. The van der Waals surface area contributed by atoms with Crippen molar-refractivity contribution in [3.8, 4) is 22.3 Å². The molecule has 208 valence electrons. The molecule has 3 aromatic carbocycles. The molecule has 3 aromatic rings. The topological polar surface area (TPSA) is 0 Å². The molecule has 0 bridgehead atoms. The number of hydrogen-bond donors (Lipinski definition) is 0. The minimum atomic E-state index is -0.844. The van der Waals surface area contributed by atoms with Gasteiger partial charge in [0, 0.05) is 11.1 Å². The van der Waals surface area contributed by atoms with Crippen LogP contribution in [0.1, 0.15) is 101 Å². The molecular formula is C36H43F3. The average molecular weight is 533 g/mol. The standard InChI is InChI=1S/C36H43F3/c1-3-4-5-6-25-8-10-26(11-9-25)27-12-14-28(15-13-27)31-20-22-32(34(37)23-31)29-16-18-30(19-17-29)33-21-7-24(2)35(38)36(33)39/h7,16-23,25-28H,3-6,8-15H2,1-2H3. The number of aryl methyl sites for hydroxylation is 1. The van der Waals surface area contributed by atoms with Crippen LogP contribution in [-0.2, 0) is 0 Å². The molecule has 0 radical (unpaired) electrons. The maximum Gasteiger partial charge on any atom is 0.166 e. The Morgan fingerprint density at radius 2 is 1.23 bits per heavy atom. The van der Waals surface area contributed by atoms with Crippen molar-refractivity contribution in [3.63, 3.8) is 0 Å². The van der Waals surface area contributed by atoms with Gasteiger partial charge >= 0.3 is 0 Å². The zero-order valence-corrected chi connectivity index (χ0v) is 23.6. The molecule has 0 N–H and O–H groups in total. The molecule has 0 amide bonds. The molecule has 0 atom stereocenters. The highest BCUT2D eigenvalue weighted by Crippen LogP contribution is 2.45. The fraction of sp³-hybridized carbons (Fsp3) is 0.500. The van der Waals surface area contributed by atoms with Crippen molar-refractivity contribution in [2.75, 3.05) is 0 Å². The predicted octanol–water partition coefficient (Wildman–Crippen LogP) is 11.4. The Bertz CT molecular complexity index is 1230. The molecule has 3 heteroatoms. The third-order valence-electron chi connectivity index (χ3n) is 9.79. The van der Waals surface area contributed by atoms with E-state index in [0.29, 0.717) is 17.0 Å². The van der Waals surface area contributed by atoms with Crippen LogP contribution in [-0.4, -0.2) is 0 Å². The van der Waals surface area contributed by atoms with E-state index in [1.165, 1.54) is 64.2 Å². The summed E-state index contributed by atoms with van der Waals surface area (Å²) in [5.74, 6) is 1.29. The lowest BCUT2D eigenvalue weighted by Gasteiger charge is -2.38. The Hall–Kier alpha value is -2.55. The molecule has 0 aromatic heterocycles. The van der Waals surface area contributed by atoms with Gasteiger partial charge in [-0.2, -0.15) is 0 Å². The Morgan fingerprint density at radius 3 is 1.85 bits per heavy atom. The van der Waals surface area contributed by atoms with Gasteiger partial charge in [-0.15, -0.1) is 0 Å². The molecule has 2 fully saturated rings. The lowest BCUT2D eigenvalue weighted by Crippen LogP contribution is -2.25. The summed E-state index contributed by atoms with van der Waals surface area (Å²) >= 11 is 0. The normalized spacial score (nSPS) is 23.6. The van der Waals surface area contributed by atoms with Crippen molar-refractivity contribution < 1.29 is 13.2 Å². The minimum Gasteiger partial charge on any atom is -0.206 e. The van der Waals surface area contributed by atoms with E-state index in [1.54, 1.807) is 49.4 Å². The van der Waals surface area contributed by atoms with Crippen molar-refractivity contribution >= 4 is 0 Å². The molecule has 2 aliphatic rings. The van der Waals surface area contributed by atoms with Gasteiger partial charge in [-0.3, -0.25) is 0 Å². The van der Waals surface area contributed by atoms with E-state index in [1.807, 2.05) is 6.07 Å². The van der Waals surface area contributed by atoms with Crippen LogP contribution in [0.2, 0.25) is 0 Å². The van der Waals surface area contributed by atoms with Gasteiger partial charge in [-0.25, -0.2) is 13.2 Å². The van der Waals surface area contributed by atoms with Crippen LogP contribution in [0.25, 0.3) is 22.3 Å². The SMILES string of the molecule is CCCCCC1CCC(C2CCC(c3ccc(-c4ccc(-c5ccc(C)c(F)c5F)cc4)c(F)c3)CC2)CC1. The van der Waals surface area contributed by atoms with Crippen LogP contribution in [0.15, 0.2) is 54.6 Å². The smallest absolute Gasteiger partial charge is 0.166 e. The van der Waals surface area contributed by atoms with Gasteiger partial charge < -0.3 is 0 Å². The molecule has 2 aliphatic carbocycles. The highest BCUT2D eigenvalue weighted by molar-refractivity contribution is 5.71. The molecule has 5 rings (SSSR count). The predicted molar refractivity (Wildman–Crippen MR) is 156 cm³/mol. The molecular weight excluding hydrogens is 489 g/mol. The van der Waals surface area contributed by atoms with Crippen molar-refractivity contribution in [2.24, 2.45) is 17.8 Å². The molecule has 0 heterocycles. The van der Waals surface area contributed by atoms with Crippen molar-refractivity contribution in [1.29, 1.82) is 0 Å². The van der Waals surface area contributed by atoms with Crippen molar-refractivity contribution in [1.82, 2.24) is 0 Å². The lowest BCUT2D eigenvalue weighted by atomic mass is 9.68. The summed E-state index contributed by atoms with van der Waals surface area (Å²) in [5, 5.41) is 0. The van der Waals surface area contributed by atoms with Gasteiger partial charge in [-0.05, 0) is 97.4 Å². The first-order valence-electron chi connectivity index (χ1n) is 15.3. The van der Waals surface area contributed by atoms with Crippen LogP contribution < -0.4 is 0 Å². The van der Waals surface area contributed by atoms with Crippen LogP contribution in [0.3, 0.4) is 0 Å². The third kappa shape index (κ3) is 6.44. The van der Waals surface area contributed by atoms with E-state index in [0.717, 1.165) is 41.7 Å². The van der Waals surface area contributed by atoms with Crippen LogP contribution in [0, 0.1) is 42.1 Å². The first-order valence-corrected chi connectivity index (χ1v) is 15.3. The second-order valence-electron chi connectivity index (χ2n) is 12.3. The summed E-state index contributed by atoms with van der Waals surface area (Å²) in [5.41, 5.74) is 3.48. The largest absolute Gasteiger partial charge is 0.206 e. The monoisotopic (exact) mass is 532 g/mol. The number of halogens is 3. The van der Waals surface area contributed by atoms with Crippen molar-refractivity contribution in [2.45, 2.75) is 96.8 Å². The zero-order valence-electron chi connectivity index (χ0n) is 23.6. The fourth-order valence-electron chi connectivity index (χ4n) is 7.27. The molecule has 0 nitrogen and oxygen atoms in total. The maximum atomic E-state index is 15.3. The van der Waals surface area contributed by atoms with Gasteiger partial charge in [0.15, 0.2) is 11.6 Å². The Labute approximate surface area is 233 Å². The first kappa shape index (κ1) is 28.0. The second kappa shape index (κ2) is 12.7. The summed E-state index contributed by atoms with van der Waals surface area (Å²) in [6.07, 6.45) is 16.1. The Kier molecular flexibility index (Phi) is 9.15. The second-order valence-corrected chi connectivity index (χ2v) is 12.3.